The molecule has 0 atom stereocenters. The summed E-state index contributed by atoms with van der Waals surface area (Å²) in [6.45, 7) is 3.49. The first kappa shape index (κ1) is 18.7. The van der Waals surface area contributed by atoms with Crippen LogP contribution in [0.25, 0.3) is 0 Å². The molecule has 1 aliphatic rings. The van der Waals surface area contributed by atoms with Crippen LogP contribution >= 0.6 is 23.6 Å². The summed E-state index contributed by atoms with van der Waals surface area (Å²) in [7, 11) is 1.85. The normalized spacial score (nSPS) is 15.3. The topological polar surface area (TPSA) is 89.4 Å². The maximum absolute atomic E-state index is 12.4. The maximum atomic E-state index is 12.4. The number of hydrogen-bond acceptors (Lipinski definition) is 6. The Labute approximate surface area is 160 Å². The number of nitrogens with two attached hydrogens (primary N) is 1. The Morgan fingerprint density at radius 2 is 2.04 bits per heavy atom. The molecule has 10 heteroatoms. The van der Waals surface area contributed by atoms with Gasteiger partial charge in [0.15, 0.2) is 4.77 Å². The van der Waals surface area contributed by atoms with E-state index in [1.165, 1.54) is 11.3 Å². The van der Waals surface area contributed by atoms with E-state index in [4.69, 9.17) is 18.0 Å². The Hall–Kier alpha value is -2.04. The summed E-state index contributed by atoms with van der Waals surface area (Å²) in [5, 5.41) is 6.44. The molecule has 2 aromatic heterocycles. The van der Waals surface area contributed by atoms with Crippen LogP contribution in [0.2, 0.25) is 0 Å². The molecule has 0 bridgehead atoms. The maximum Gasteiger partial charge on any atom is 0.264 e. The zero-order valence-electron chi connectivity index (χ0n) is 14.6. The second-order valence-electron chi connectivity index (χ2n) is 6.25. The molecule has 2 aromatic rings. The fourth-order valence-electron chi connectivity index (χ4n) is 2.92. The van der Waals surface area contributed by atoms with Gasteiger partial charge in [-0.05, 0) is 23.7 Å². The summed E-state index contributed by atoms with van der Waals surface area (Å²) < 4.78 is 4.19. The van der Waals surface area contributed by atoms with Gasteiger partial charge in [-0.2, -0.15) is 5.10 Å². The second kappa shape index (κ2) is 8.11. The van der Waals surface area contributed by atoms with Gasteiger partial charge in [0.25, 0.3) is 5.91 Å². The third-order valence-corrected chi connectivity index (χ3v) is 5.79. The molecule has 26 heavy (non-hydrogen) atoms. The molecule has 3 heterocycles. The van der Waals surface area contributed by atoms with E-state index in [0.29, 0.717) is 31.0 Å². The number of aromatic nitrogens is 3. The van der Waals surface area contributed by atoms with E-state index in [1.807, 2.05) is 34.0 Å². The SMILES string of the molecule is Cn1c(CCC(N)=O)nn(CN2CCN(C(=O)c3cccs3)CC2)c1=S. The van der Waals surface area contributed by atoms with Gasteiger partial charge in [-0.25, -0.2) is 4.68 Å². The van der Waals surface area contributed by atoms with Crippen molar-refractivity contribution in [1.29, 1.82) is 0 Å². The lowest BCUT2D eigenvalue weighted by Gasteiger charge is -2.34. The van der Waals surface area contributed by atoms with E-state index in [1.54, 1.807) is 4.68 Å². The van der Waals surface area contributed by atoms with E-state index in [2.05, 4.69) is 10.00 Å². The van der Waals surface area contributed by atoms with Crippen molar-refractivity contribution < 1.29 is 9.59 Å². The van der Waals surface area contributed by atoms with Crippen LogP contribution < -0.4 is 5.73 Å². The van der Waals surface area contributed by atoms with E-state index in [9.17, 15) is 9.59 Å². The number of primary amides is 1. The number of nitrogens with zero attached hydrogens (tertiary/aromatic N) is 5. The Kier molecular flexibility index (Phi) is 5.84. The van der Waals surface area contributed by atoms with Gasteiger partial charge in [-0.3, -0.25) is 14.5 Å². The zero-order valence-corrected chi connectivity index (χ0v) is 16.3. The van der Waals surface area contributed by atoms with Gasteiger partial charge in [0.2, 0.25) is 5.91 Å². The molecule has 0 unspecified atom stereocenters. The lowest BCUT2D eigenvalue weighted by molar-refractivity contribution is -0.118. The van der Waals surface area contributed by atoms with Gasteiger partial charge in [0.05, 0.1) is 11.5 Å². The van der Waals surface area contributed by atoms with Crippen molar-refractivity contribution in [2.24, 2.45) is 12.8 Å². The fraction of sp³-hybridized carbons (Fsp3) is 0.500. The zero-order chi connectivity index (χ0) is 18.7. The van der Waals surface area contributed by atoms with Crippen LogP contribution in [0.5, 0.6) is 0 Å². The lowest BCUT2D eigenvalue weighted by atomic mass is 10.3. The molecule has 2 amide bonds. The number of piperazine rings is 1. The predicted molar refractivity (Wildman–Crippen MR) is 101 cm³/mol. The number of amides is 2. The highest BCUT2D eigenvalue weighted by atomic mass is 32.1. The fourth-order valence-corrected chi connectivity index (χ4v) is 3.81. The summed E-state index contributed by atoms with van der Waals surface area (Å²) in [5.74, 6) is 0.500. The number of carbonyl (C=O) groups excluding carboxylic acids is 2. The summed E-state index contributed by atoms with van der Waals surface area (Å²) in [6.07, 6.45) is 0.731. The standard InChI is InChI=1S/C16H22N6O2S2/c1-19-14(5-4-13(17)23)18-22(16(19)25)11-20-6-8-21(9-7-20)15(24)12-3-2-10-26-12/h2-3,10H,4-9,11H2,1H3,(H2,17,23). The monoisotopic (exact) mass is 394 g/mol. The van der Waals surface area contributed by atoms with Crippen molar-refractivity contribution in [3.8, 4) is 0 Å². The first-order valence-electron chi connectivity index (χ1n) is 8.42. The third kappa shape index (κ3) is 4.19. The van der Waals surface area contributed by atoms with Gasteiger partial charge >= 0.3 is 0 Å². The summed E-state index contributed by atoms with van der Waals surface area (Å²) in [4.78, 5) is 28.3. The van der Waals surface area contributed by atoms with Crippen LogP contribution in [-0.2, 0) is 24.9 Å². The predicted octanol–water partition coefficient (Wildman–Crippen LogP) is 0.846. The van der Waals surface area contributed by atoms with Gasteiger partial charge in [0, 0.05) is 46.1 Å². The molecule has 0 spiro atoms. The van der Waals surface area contributed by atoms with Crippen molar-refractivity contribution in [2.45, 2.75) is 19.5 Å². The molecule has 1 fully saturated rings. The molecule has 1 aliphatic heterocycles. The highest BCUT2D eigenvalue weighted by Gasteiger charge is 2.23. The average Bonchev–Trinajstić information content (AvgIpc) is 3.25. The molecule has 0 aromatic carbocycles. The minimum Gasteiger partial charge on any atom is -0.370 e. The van der Waals surface area contributed by atoms with Crippen molar-refractivity contribution in [1.82, 2.24) is 24.1 Å². The van der Waals surface area contributed by atoms with E-state index in [-0.39, 0.29) is 18.2 Å². The van der Waals surface area contributed by atoms with Gasteiger partial charge in [-0.1, -0.05) is 6.07 Å². The lowest BCUT2D eigenvalue weighted by Crippen LogP contribution is -2.48. The van der Waals surface area contributed by atoms with Crippen LogP contribution in [0.4, 0.5) is 0 Å². The molecule has 0 saturated carbocycles. The van der Waals surface area contributed by atoms with E-state index in [0.717, 1.165) is 23.8 Å². The number of hydrogen-bond donors (Lipinski definition) is 1. The molecular formula is C16H22N6O2S2. The minimum atomic E-state index is -0.350. The van der Waals surface area contributed by atoms with E-state index >= 15 is 0 Å². The van der Waals surface area contributed by atoms with Gasteiger partial charge < -0.3 is 15.2 Å². The van der Waals surface area contributed by atoms with Crippen molar-refractivity contribution in [3.05, 3.63) is 33.0 Å². The second-order valence-corrected chi connectivity index (χ2v) is 7.57. The Bertz CT molecular complexity index is 834. The van der Waals surface area contributed by atoms with Crippen LogP contribution in [0.1, 0.15) is 21.9 Å². The van der Waals surface area contributed by atoms with E-state index < -0.39 is 0 Å². The molecule has 140 valence electrons. The molecular weight excluding hydrogens is 372 g/mol. The van der Waals surface area contributed by atoms with Crippen molar-refractivity contribution in [2.75, 3.05) is 26.2 Å². The molecule has 0 aliphatic carbocycles. The quantitative estimate of drug-likeness (QED) is 0.734. The Morgan fingerprint density at radius 1 is 1.31 bits per heavy atom. The minimum absolute atomic E-state index is 0.0998. The highest BCUT2D eigenvalue weighted by Crippen LogP contribution is 2.14. The van der Waals surface area contributed by atoms with Crippen LogP contribution in [0.3, 0.4) is 0 Å². The highest BCUT2D eigenvalue weighted by molar-refractivity contribution is 7.71. The van der Waals surface area contributed by atoms with Crippen LogP contribution in [0.15, 0.2) is 17.5 Å². The number of carbonyl (C=O) groups is 2. The van der Waals surface area contributed by atoms with Gasteiger partial charge in [0.1, 0.15) is 5.82 Å². The number of rotatable bonds is 6. The van der Waals surface area contributed by atoms with Crippen molar-refractivity contribution in [3.63, 3.8) is 0 Å². The van der Waals surface area contributed by atoms with Gasteiger partial charge in [-0.15, -0.1) is 11.3 Å². The third-order valence-electron chi connectivity index (χ3n) is 4.45. The summed E-state index contributed by atoms with van der Waals surface area (Å²) in [6, 6.07) is 3.76. The Balaban J connectivity index is 1.58. The first-order valence-corrected chi connectivity index (χ1v) is 9.70. The number of aryl methyl sites for hydroxylation is 1. The molecule has 0 radical (unpaired) electrons. The largest absolute Gasteiger partial charge is 0.370 e. The molecule has 1 saturated heterocycles. The Morgan fingerprint density at radius 3 is 2.65 bits per heavy atom. The average molecular weight is 395 g/mol. The number of thiophene rings is 1. The molecule has 3 rings (SSSR count). The van der Waals surface area contributed by atoms with Crippen LogP contribution in [0, 0.1) is 4.77 Å². The van der Waals surface area contributed by atoms with Crippen molar-refractivity contribution >= 4 is 35.4 Å². The molecule has 8 nitrogen and oxygen atoms in total. The summed E-state index contributed by atoms with van der Waals surface area (Å²) in [5.41, 5.74) is 5.21. The molecule has 2 N–H and O–H groups in total. The summed E-state index contributed by atoms with van der Waals surface area (Å²) >= 11 is 6.91. The first-order chi connectivity index (χ1) is 12.5. The van der Waals surface area contributed by atoms with Crippen LogP contribution in [-0.4, -0.2) is 62.1 Å². The smallest absolute Gasteiger partial charge is 0.264 e.